The van der Waals surface area contributed by atoms with E-state index in [1.165, 1.54) is 30.6 Å². The minimum absolute atomic E-state index is 0.0706. The molecule has 0 aliphatic heterocycles. The number of aromatic nitrogens is 4. The highest BCUT2D eigenvalue weighted by Crippen LogP contribution is 2.36. The topological polar surface area (TPSA) is 94.0 Å². The second kappa shape index (κ2) is 9.69. The predicted molar refractivity (Wildman–Crippen MR) is 127 cm³/mol. The number of benzene rings is 2. The first kappa shape index (κ1) is 24.5. The molecule has 0 bridgehead atoms. The number of alkyl halides is 3. The fourth-order valence-electron chi connectivity index (χ4n) is 3.46. The Morgan fingerprint density at radius 3 is 2.54 bits per heavy atom. The van der Waals surface area contributed by atoms with Crippen molar-refractivity contribution in [3.05, 3.63) is 83.2 Å². The molecule has 0 atom stereocenters. The van der Waals surface area contributed by atoms with E-state index < -0.39 is 29.2 Å². The molecule has 2 heterocycles. The predicted octanol–water partition coefficient (Wildman–Crippen LogP) is 6.09. The Morgan fingerprint density at radius 2 is 1.86 bits per heavy atom. The van der Waals surface area contributed by atoms with Gasteiger partial charge in [0.05, 0.1) is 17.4 Å². The number of ether oxygens (including phenoxy) is 1. The summed E-state index contributed by atoms with van der Waals surface area (Å²) in [5, 5.41) is 9.19. The Labute approximate surface area is 212 Å². The maximum Gasteiger partial charge on any atom is 0.434 e. The third kappa shape index (κ3) is 5.33. The van der Waals surface area contributed by atoms with Crippen LogP contribution in [0.25, 0.3) is 5.69 Å². The van der Waals surface area contributed by atoms with E-state index in [0.717, 1.165) is 25.1 Å². The van der Waals surface area contributed by atoms with E-state index in [0.29, 0.717) is 10.5 Å². The monoisotopic (exact) mass is 532 g/mol. The summed E-state index contributed by atoms with van der Waals surface area (Å²) in [5.74, 6) is -2.00. The lowest BCUT2D eigenvalue weighted by Crippen LogP contribution is -2.20. The van der Waals surface area contributed by atoms with Crippen LogP contribution < -0.4 is 15.4 Å². The zero-order valence-electron chi connectivity index (χ0n) is 18.8. The molecule has 4 aromatic rings. The third-order valence-corrected chi connectivity index (χ3v) is 5.70. The van der Waals surface area contributed by atoms with Crippen LogP contribution in [0.15, 0.2) is 61.1 Å². The summed E-state index contributed by atoms with van der Waals surface area (Å²) in [6.45, 7) is 0. The smallest absolute Gasteiger partial charge is 0.434 e. The van der Waals surface area contributed by atoms with E-state index in [9.17, 15) is 22.4 Å². The Bertz CT molecular complexity index is 1460. The average Bonchev–Trinajstić information content (AvgIpc) is 3.55. The van der Waals surface area contributed by atoms with Crippen molar-refractivity contribution in [1.82, 2.24) is 19.7 Å². The highest BCUT2D eigenvalue weighted by atomic mass is 35.5. The van der Waals surface area contributed by atoms with Gasteiger partial charge in [0.1, 0.15) is 11.3 Å². The lowest BCUT2D eigenvalue weighted by molar-refractivity contribution is -0.143. The third-order valence-electron chi connectivity index (χ3n) is 5.36. The van der Waals surface area contributed by atoms with Crippen LogP contribution in [-0.4, -0.2) is 31.7 Å². The van der Waals surface area contributed by atoms with Crippen molar-refractivity contribution < 1.29 is 27.1 Å². The Hall–Kier alpha value is -4.19. The molecule has 2 N–H and O–H groups in total. The van der Waals surface area contributed by atoms with Crippen LogP contribution in [-0.2, 0) is 6.18 Å². The van der Waals surface area contributed by atoms with E-state index in [-0.39, 0.29) is 34.1 Å². The second-order valence-electron chi connectivity index (χ2n) is 8.11. The van der Waals surface area contributed by atoms with Gasteiger partial charge in [0.15, 0.2) is 23.1 Å². The summed E-state index contributed by atoms with van der Waals surface area (Å²) in [6.07, 6.45) is -0.896. The van der Waals surface area contributed by atoms with Gasteiger partial charge in [-0.15, -0.1) is 0 Å². The van der Waals surface area contributed by atoms with Gasteiger partial charge in [-0.2, -0.15) is 23.3 Å². The molecule has 1 saturated carbocycles. The number of hydrogen-bond donors (Lipinski definition) is 2. The average molecular weight is 533 g/mol. The molecule has 1 aliphatic rings. The van der Waals surface area contributed by atoms with Gasteiger partial charge < -0.3 is 15.4 Å². The summed E-state index contributed by atoms with van der Waals surface area (Å²) in [5.41, 5.74) is -1.95. The van der Waals surface area contributed by atoms with Crippen molar-refractivity contribution in [2.24, 2.45) is 0 Å². The zero-order valence-corrected chi connectivity index (χ0v) is 19.5. The maximum atomic E-state index is 14.8. The summed E-state index contributed by atoms with van der Waals surface area (Å²) in [6, 6.07) is 11.2. The molecule has 2 aromatic heterocycles. The van der Waals surface area contributed by atoms with Gasteiger partial charge in [-0.1, -0.05) is 29.8 Å². The number of carbonyl (C=O) groups is 1. The Kier molecular flexibility index (Phi) is 6.42. The van der Waals surface area contributed by atoms with Crippen molar-refractivity contribution in [3.63, 3.8) is 0 Å². The number of nitrogens with zero attached hydrogens (tertiary/aromatic N) is 4. The molecule has 1 amide bonds. The van der Waals surface area contributed by atoms with Crippen LogP contribution in [0.3, 0.4) is 0 Å². The number of para-hydroxylation sites is 1. The maximum absolute atomic E-state index is 14.8. The van der Waals surface area contributed by atoms with Gasteiger partial charge in [0.2, 0.25) is 5.88 Å². The van der Waals surface area contributed by atoms with E-state index in [1.54, 1.807) is 18.2 Å². The minimum atomic E-state index is -4.88. The van der Waals surface area contributed by atoms with Gasteiger partial charge in [0.25, 0.3) is 5.91 Å². The van der Waals surface area contributed by atoms with E-state index in [2.05, 4.69) is 25.7 Å². The van der Waals surface area contributed by atoms with Crippen molar-refractivity contribution >= 4 is 29.0 Å². The molecular weight excluding hydrogens is 516 g/mol. The number of halogens is 5. The summed E-state index contributed by atoms with van der Waals surface area (Å²) in [7, 11) is 0. The SMILES string of the molecule is O=C(Nc1ccc(Oc2ncnc(NC3CC3)c2Cl)c(F)c1)c1cnn(-c2ccccc2)c1C(F)(F)F. The first-order chi connectivity index (χ1) is 17.7. The number of hydrogen-bond acceptors (Lipinski definition) is 6. The molecule has 1 fully saturated rings. The van der Waals surface area contributed by atoms with Crippen LogP contribution in [0.1, 0.15) is 28.9 Å². The fourth-order valence-corrected chi connectivity index (χ4v) is 3.65. The number of rotatable bonds is 7. The molecule has 5 rings (SSSR count). The number of carbonyl (C=O) groups excluding carboxylic acids is 1. The quantitative estimate of drug-likeness (QED) is 0.280. The lowest BCUT2D eigenvalue weighted by atomic mass is 10.2. The number of anilines is 2. The first-order valence-corrected chi connectivity index (χ1v) is 11.3. The van der Waals surface area contributed by atoms with E-state index >= 15 is 0 Å². The molecule has 0 radical (unpaired) electrons. The standard InChI is InChI=1S/C24H17ClF4N6O2/c25-19-21(33-13-6-7-13)30-12-31-23(19)37-18-9-8-14(10-17(18)26)34-22(36)16-11-32-35(20(16)24(27,28)29)15-4-2-1-3-5-15/h1-5,8-13H,6-7H2,(H,34,36)(H,30,31,33). The van der Waals surface area contributed by atoms with Gasteiger partial charge >= 0.3 is 6.18 Å². The molecule has 0 unspecified atom stereocenters. The largest absolute Gasteiger partial charge is 0.434 e. The molecule has 1 aliphatic carbocycles. The minimum Gasteiger partial charge on any atom is -0.434 e. The number of nitrogens with one attached hydrogen (secondary N) is 2. The number of amides is 1. The molecule has 8 nitrogen and oxygen atoms in total. The van der Waals surface area contributed by atoms with Crippen LogP contribution in [0, 0.1) is 5.82 Å². The Morgan fingerprint density at radius 1 is 1.11 bits per heavy atom. The van der Waals surface area contributed by atoms with Crippen LogP contribution in [0.2, 0.25) is 5.02 Å². The van der Waals surface area contributed by atoms with Crippen molar-refractivity contribution in [1.29, 1.82) is 0 Å². The fraction of sp³-hybridized carbons (Fsp3) is 0.167. The molecular formula is C24H17ClF4N6O2. The van der Waals surface area contributed by atoms with Gasteiger partial charge in [-0.3, -0.25) is 4.79 Å². The molecule has 37 heavy (non-hydrogen) atoms. The molecule has 2 aromatic carbocycles. The summed E-state index contributed by atoms with van der Waals surface area (Å²) >= 11 is 6.26. The molecule has 13 heteroatoms. The molecule has 190 valence electrons. The zero-order chi connectivity index (χ0) is 26.2. The van der Waals surface area contributed by atoms with Crippen molar-refractivity contribution in [2.75, 3.05) is 10.6 Å². The van der Waals surface area contributed by atoms with Crippen molar-refractivity contribution in [2.45, 2.75) is 25.1 Å². The van der Waals surface area contributed by atoms with Gasteiger partial charge in [-0.05, 0) is 37.1 Å². The normalized spacial score (nSPS) is 13.3. The highest BCUT2D eigenvalue weighted by Gasteiger charge is 2.40. The molecule has 0 spiro atoms. The van der Waals surface area contributed by atoms with Gasteiger partial charge in [-0.25, -0.2) is 14.1 Å². The van der Waals surface area contributed by atoms with Crippen molar-refractivity contribution in [3.8, 4) is 17.3 Å². The summed E-state index contributed by atoms with van der Waals surface area (Å²) < 4.78 is 62.4. The van der Waals surface area contributed by atoms with Gasteiger partial charge in [0, 0.05) is 17.8 Å². The van der Waals surface area contributed by atoms with E-state index in [1.807, 2.05) is 0 Å². The van der Waals surface area contributed by atoms with Crippen LogP contribution in [0.4, 0.5) is 29.1 Å². The highest BCUT2D eigenvalue weighted by molar-refractivity contribution is 6.34. The van der Waals surface area contributed by atoms with E-state index in [4.69, 9.17) is 16.3 Å². The first-order valence-electron chi connectivity index (χ1n) is 11.0. The Balaban J connectivity index is 1.36. The molecule has 0 saturated heterocycles. The lowest BCUT2D eigenvalue weighted by Gasteiger charge is -2.13. The van der Waals surface area contributed by atoms with Crippen LogP contribution >= 0.6 is 11.6 Å². The second-order valence-corrected chi connectivity index (χ2v) is 8.49. The van der Waals surface area contributed by atoms with Crippen LogP contribution in [0.5, 0.6) is 11.6 Å². The summed E-state index contributed by atoms with van der Waals surface area (Å²) in [4.78, 5) is 20.7.